The van der Waals surface area contributed by atoms with E-state index >= 15 is 0 Å². The normalized spacial score (nSPS) is 18.1. The number of hydrogen-bond acceptors (Lipinski definition) is 3. The Bertz CT molecular complexity index is 1140. The van der Waals surface area contributed by atoms with Crippen LogP contribution in [0.5, 0.6) is 0 Å². The van der Waals surface area contributed by atoms with E-state index in [1.165, 1.54) is 0 Å². The molecule has 0 saturated carbocycles. The maximum atomic E-state index is 14.2. The van der Waals surface area contributed by atoms with Gasteiger partial charge in [-0.25, -0.2) is 0 Å². The number of aryl methyl sites for hydroxylation is 2. The van der Waals surface area contributed by atoms with Crippen LogP contribution in [0, 0.1) is 19.8 Å². The van der Waals surface area contributed by atoms with Crippen LogP contribution in [0.15, 0.2) is 60.0 Å². The Morgan fingerprint density at radius 1 is 1.09 bits per heavy atom. The number of hydrogen-bond donors (Lipinski definition) is 0. The van der Waals surface area contributed by atoms with Crippen LogP contribution in [0.4, 0.5) is 5.69 Å². The van der Waals surface area contributed by atoms with E-state index < -0.39 is 5.92 Å². The van der Waals surface area contributed by atoms with Gasteiger partial charge in [-0.3, -0.25) is 9.59 Å². The Hall–Kier alpha value is -2.92. The summed E-state index contributed by atoms with van der Waals surface area (Å²) in [6, 6.07) is 17.5. The molecular weight excluding hydrogens is 416 g/mol. The lowest BCUT2D eigenvalue weighted by molar-refractivity contribution is -0.121. The zero-order valence-corrected chi connectivity index (χ0v) is 20.1. The van der Waals surface area contributed by atoms with Gasteiger partial charge in [-0.1, -0.05) is 50.2 Å². The van der Waals surface area contributed by atoms with Crippen LogP contribution < -0.4 is 4.90 Å². The van der Waals surface area contributed by atoms with Crippen molar-refractivity contribution in [1.29, 1.82) is 0 Å². The quantitative estimate of drug-likeness (QED) is 0.485. The van der Waals surface area contributed by atoms with Gasteiger partial charge in [0.2, 0.25) is 5.91 Å². The number of anilines is 1. The molecule has 2 amide bonds. The van der Waals surface area contributed by atoms with Gasteiger partial charge < -0.3 is 9.80 Å². The summed E-state index contributed by atoms with van der Waals surface area (Å²) in [7, 11) is 1.85. The Balaban J connectivity index is 1.88. The van der Waals surface area contributed by atoms with Crippen molar-refractivity contribution in [3.8, 4) is 0 Å². The second-order valence-corrected chi connectivity index (χ2v) is 10.0. The molecule has 2 unspecified atom stereocenters. The number of rotatable bonds is 5. The molecular formula is C27H30N2O2S. The van der Waals surface area contributed by atoms with Crippen molar-refractivity contribution in [2.45, 2.75) is 39.7 Å². The summed E-state index contributed by atoms with van der Waals surface area (Å²) in [6.07, 6.45) is 0. The van der Waals surface area contributed by atoms with E-state index in [4.69, 9.17) is 0 Å². The average molecular weight is 447 g/mol. The predicted molar refractivity (Wildman–Crippen MR) is 131 cm³/mol. The predicted octanol–water partition coefficient (Wildman–Crippen LogP) is 5.96. The number of amides is 2. The van der Waals surface area contributed by atoms with E-state index in [-0.39, 0.29) is 17.9 Å². The highest BCUT2D eigenvalue weighted by Crippen LogP contribution is 2.45. The summed E-state index contributed by atoms with van der Waals surface area (Å²) in [4.78, 5) is 32.5. The molecule has 32 heavy (non-hydrogen) atoms. The molecule has 4 rings (SSSR count). The average Bonchev–Trinajstić information content (AvgIpc) is 3.30. The van der Waals surface area contributed by atoms with Crippen LogP contribution in [0.1, 0.15) is 57.7 Å². The van der Waals surface area contributed by atoms with Crippen molar-refractivity contribution >= 4 is 28.8 Å². The van der Waals surface area contributed by atoms with Gasteiger partial charge in [-0.05, 0) is 60.0 Å². The summed E-state index contributed by atoms with van der Waals surface area (Å²) in [5.74, 6) is -0.165. The van der Waals surface area contributed by atoms with Gasteiger partial charge in [-0.15, -0.1) is 11.3 Å². The van der Waals surface area contributed by atoms with Crippen LogP contribution in [-0.2, 0) is 4.79 Å². The van der Waals surface area contributed by atoms with Crippen molar-refractivity contribution in [3.63, 3.8) is 0 Å². The summed E-state index contributed by atoms with van der Waals surface area (Å²) < 4.78 is 0. The molecule has 2 atom stereocenters. The number of carbonyl (C=O) groups excluding carboxylic acids is 2. The molecule has 0 saturated heterocycles. The molecule has 5 heteroatoms. The molecule has 0 N–H and O–H groups in total. The van der Waals surface area contributed by atoms with Gasteiger partial charge in [0.1, 0.15) is 0 Å². The maximum Gasteiger partial charge on any atom is 0.254 e. The summed E-state index contributed by atoms with van der Waals surface area (Å²) in [6.45, 7) is 8.89. The first-order chi connectivity index (χ1) is 15.3. The highest BCUT2D eigenvalue weighted by molar-refractivity contribution is 7.10. The zero-order valence-electron chi connectivity index (χ0n) is 19.3. The minimum absolute atomic E-state index is 0.00538. The van der Waals surface area contributed by atoms with Gasteiger partial charge in [0.15, 0.2) is 0 Å². The van der Waals surface area contributed by atoms with Crippen LogP contribution >= 0.6 is 11.3 Å². The van der Waals surface area contributed by atoms with Crippen molar-refractivity contribution in [1.82, 2.24) is 4.90 Å². The third-order valence-electron chi connectivity index (χ3n) is 6.16. The fraction of sp³-hybridized carbons (Fsp3) is 0.333. The van der Waals surface area contributed by atoms with Gasteiger partial charge in [0.25, 0.3) is 5.91 Å². The molecule has 3 aromatic rings. The van der Waals surface area contributed by atoms with Gasteiger partial charge >= 0.3 is 0 Å². The van der Waals surface area contributed by atoms with Gasteiger partial charge in [-0.2, -0.15) is 0 Å². The van der Waals surface area contributed by atoms with Crippen LogP contribution in [0.2, 0.25) is 0 Å². The molecule has 0 radical (unpaired) electrons. The molecule has 2 heterocycles. The molecule has 0 spiro atoms. The van der Waals surface area contributed by atoms with E-state index in [0.29, 0.717) is 18.0 Å². The lowest BCUT2D eigenvalue weighted by atomic mass is 9.80. The first-order valence-electron chi connectivity index (χ1n) is 11.1. The van der Waals surface area contributed by atoms with Crippen LogP contribution in [0.3, 0.4) is 0 Å². The van der Waals surface area contributed by atoms with Crippen molar-refractivity contribution < 1.29 is 9.59 Å². The standard InChI is InChI=1S/C27H30N2O2S/c1-17(2)16-29-25(23-11-8-14-32-23)24(20-9-6-7-10-21(20)26(29)30)27(31)28(5)22-15-18(3)12-13-19(22)4/h6-15,17,24-25H,16H2,1-5H3. The van der Waals surface area contributed by atoms with E-state index in [1.807, 2.05) is 67.6 Å². The molecule has 0 fully saturated rings. The highest BCUT2D eigenvalue weighted by atomic mass is 32.1. The smallest absolute Gasteiger partial charge is 0.254 e. The first-order valence-corrected chi connectivity index (χ1v) is 12.0. The zero-order chi connectivity index (χ0) is 23.0. The van der Waals surface area contributed by atoms with E-state index in [1.54, 1.807) is 16.2 Å². The third-order valence-corrected chi connectivity index (χ3v) is 7.10. The lowest BCUT2D eigenvalue weighted by Gasteiger charge is -2.43. The van der Waals surface area contributed by atoms with Crippen molar-refractivity contribution in [2.24, 2.45) is 5.92 Å². The van der Waals surface area contributed by atoms with E-state index in [9.17, 15) is 9.59 Å². The molecule has 0 aliphatic carbocycles. The third kappa shape index (κ3) is 3.97. The largest absolute Gasteiger partial charge is 0.329 e. The minimum Gasteiger partial charge on any atom is -0.329 e. The van der Waals surface area contributed by atoms with Crippen LogP contribution in [0.25, 0.3) is 0 Å². The molecule has 1 aliphatic heterocycles. The molecule has 4 nitrogen and oxygen atoms in total. The first kappa shape index (κ1) is 22.3. The number of thiophene rings is 1. The second-order valence-electron chi connectivity index (χ2n) is 9.06. The molecule has 166 valence electrons. The van der Waals surface area contributed by atoms with Crippen LogP contribution in [-0.4, -0.2) is 30.3 Å². The monoisotopic (exact) mass is 446 g/mol. The fourth-order valence-electron chi connectivity index (χ4n) is 4.64. The van der Waals surface area contributed by atoms with Gasteiger partial charge in [0, 0.05) is 29.7 Å². The number of nitrogens with zero attached hydrogens (tertiary/aromatic N) is 2. The summed E-state index contributed by atoms with van der Waals surface area (Å²) in [5, 5.41) is 2.02. The number of fused-ring (bicyclic) bond motifs is 1. The maximum absolute atomic E-state index is 14.2. The SMILES string of the molecule is Cc1ccc(C)c(N(C)C(=O)C2c3ccccc3C(=O)N(CC(C)C)C2c2cccs2)c1. The number of carbonyl (C=O) groups is 2. The van der Waals surface area contributed by atoms with Gasteiger partial charge in [0.05, 0.1) is 12.0 Å². The highest BCUT2D eigenvalue weighted by Gasteiger charge is 2.45. The Morgan fingerprint density at radius 2 is 1.84 bits per heavy atom. The Labute approximate surface area is 194 Å². The van der Waals surface area contributed by atoms with E-state index in [2.05, 4.69) is 32.0 Å². The topological polar surface area (TPSA) is 40.6 Å². The molecule has 2 aromatic carbocycles. The Kier molecular flexibility index (Phi) is 6.20. The van der Waals surface area contributed by atoms with Crippen molar-refractivity contribution in [3.05, 3.63) is 87.1 Å². The van der Waals surface area contributed by atoms with Crippen molar-refractivity contribution in [2.75, 3.05) is 18.5 Å². The molecule has 0 bridgehead atoms. The minimum atomic E-state index is -0.466. The summed E-state index contributed by atoms with van der Waals surface area (Å²) in [5.41, 5.74) is 4.52. The second kappa shape index (κ2) is 8.91. The lowest BCUT2D eigenvalue weighted by Crippen LogP contribution is -2.48. The van der Waals surface area contributed by atoms with E-state index in [0.717, 1.165) is 27.3 Å². The fourth-order valence-corrected chi connectivity index (χ4v) is 5.51. The molecule has 1 aromatic heterocycles. The summed E-state index contributed by atoms with van der Waals surface area (Å²) >= 11 is 1.61. The molecule has 1 aliphatic rings. The Morgan fingerprint density at radius 3 is 2.53 bits per heavy atom. The number of likely N-dealkylation sites (N-methyl/N-ethyl adjacent to an activating group) is 1. The number of benzene rings is 2.